The molecule has 2 rings (SSSR count). The predicted molar refractivity (Wildman–Crippen MR) is 84.6 cm³/mol. The molecule has 0 radical (unpaired) electrons. The Morgan fingerprint density at radius 3 is 2.68 bits per heavy atom. The second kappa shape index (κ2) is 7.33. The minimum atomic E-state index is -4.43. The Labute approximate surface area is 144 Å². The van der Waals surface area contributed by atoms with E-state index in [2.05, 4.69) is 0 Å². The second-order valence-corrected chi connectivity index (χ2v) is 6.46. The molecule has 1 saturated heterocycles. The van der Waals surface area contributed by atoms with Crippen LogP contribution in [-0.4, -0.2) is 48.0 Å². The zero-order chi connectivity index (χ0) is 18.8. The van der Waals surface area contributed by atoms with Gasteiger partial charge in [-0.2, -0.15) is 13.2 Å². The van der Waals surface area contributed by atoms with E-state index in [1.807, 2.05) is 13.8 Å². The van der Waals surface area contributed by atoms with Gasteiger partial charge in [0.1, 0.15) is 13.2 Å². The van der Waals surface area contributed by atoms with Crippen molar-refractivity contribution in [2.45, 2.75) is 32.6 Å². The summed E-state index contributed by atoms with van der Waals surface area (Å²) in [5.41, 5.74) is -0.385. The van der Waals surface area contributed by atoms with Gasteiger partial charge in [0, 0.05) is 13.6 Å². The maximum absolute atomic E-state index is 12.8. The van der Waals surface area contributed by atoms with Crippen LogP contribution in [0.3, 0.4) is 0 Å². The third-order valence-electron chi connectivity index (χ3n) is 4.19. The molecule has 2 amide bonds. The van der Waals surface area contributed by atoms with E-state index in [0.717, 1.165) is 12.1 Å². The molecule has 0 aliphatic carbocycles. The Morgan fingerprint density at radius 2 is 2.08 bits per heavy atom. The first-order valence-corrected chi connectivity index (χ1v) is 7.93. The molecular formula is C17H21F3N2O3. The lowest BCUT2D eigenvalue weighted by Crippen LogP contribution is -2.44. The van der Waals surface area contributed by atoms with Crippen LogP contribution in [0.25, 0.3) is 0 Å². The molecule has 8 heteroatoms. The number of benzene rings is 1. The lowest BCUT2D eigenvalue weighted by atomic mass is 10.0. The summed E-state index contributed by atoms with van der Waals surface area (Å²) < 4.78 is 43.3. The van der Waals surface area contributed by atoms with Crippen molar-refractivity contribution >= 4 is 12.0 Å². The lowest BCUT2D eigenvalue weighted by molar-refractivity contribution is -0.137. The van der Waals surface area contributed by atoms with Gasteiger partial charge in [-0.1, -0.05) is 26.0 Å². The second-order valence-electron chi connectivity index (χ2n) is 6.46. The summed E-state index contributed by atoms with van der Waals surface area (Å²) in [5.74, 6) is -0.227. The van der Waals surface area contributed by atoms with Crippen LogP contribution in [0.15, 0.2) is 24.3 Å². The molecule has 0 N–H and O–H groups in total. The van der Waals surface area contributed by atoms with E-state index in [9.17, 15) is 22.8 Å². The zero-order valence-electron chi connectivity index (χ0n) is 14.3. The molecule has 1 aromatic carbocycles. The summed E-state index contributed by atoms with van der Waals surface area (Å²) in [6.45, 7) is 3.96. The normalized spacial score (nSPS) is 17.8. The highest BCUT2D eigenvalue weighted by molar-refractivity contribution is 5.83. The fourth-order valence-electron chi connectivity index (χ4n) is 2.67. The molecule has 1 heterocycles. The van der Waals surface area contributed by atoms with Crippen LogP contribution in [0.2, 0.25) is 0 Å². The number of rotatable bonds is 5. The van der Waals surface area contributed by atoms with E-state index in [-0.39, 0.29) is 37.6 Å². The number of cyclic esters (lactones) is 1. The van der Waals surface area contributed by atoms with Crippen molar-refractivity contribution in [3.63, 3.8) is 0 Å². The monoisotopic (exact) mass is 358 g/mol. The first-order chi connectivity index (χ1) is 11.6. The van der Waals surface area contributed by atoms with Crippen molar-refractivity contribution in [3.8, 4) is 0 Å². The van der Waals surface area contributed by atoms with Gasteiger partial charge < -0.3 is 9.64 Å². The van der Waals surface area contributed by atoms with Gasteiger partial charge in [-0.15, -0.1) is 0 Å². The molecular weight excluding hydrogens is 337 g/mol. The van der Waals surface area contributed by atoms with Crippen molar-refractivity contribution < 1.29 is 27.5 Å². The number of amides is 2. The van der Waals surface area contributed by atoms with Crippen LogP contribution in [0.5, 0.6) is 0 Å². The molecule has 25 heavy (non-hydrogen) atoms. The van der Waals surface area contributed by atoms with E-state index in [1.54, 1.807) is 0 Å². The minimum Gasteiger partial charge on any atom is -0.447 e. The fourth-order valence-corrected chi connectivity index (χ4v) is 2.67. The number of halogens is 3. The zero-order valence-corrected chi connectivity index (χ0v) is 14.3. The predicted octanol–water partition coefficient (Wildman–Crippen LogP) is 3.14. The van der Waals surface area contributed by atoms with E-state index >= 15 is 0 Å². The highest BCUT2D eigenvalue weighted by Gasteiger charge is 2.36. The van der Waals surface area contributed by atoms with Crippen molar-refractivity contribution in [3.05, 3.63) is 35.4 Å². The average molecular weight is 358 g/mol. The number of hydrogen-bond acceptors (Lipinski definition) is 3. The van der Waals surface area contributed by atoms with Gasteiger partial charge in [0.15, 0.2) is 0 Å². The maximum Gasteiger partial charge on any atom is 0.416 e. The SMILES string of the molecule is CC(C)[C@H]1COC(=O)N1CC(=O)N(C)Cc1cccc(C(F)(F)F)c1. The summed E-state index contributed by atoms with van der Waals surface area (Å²) in [6.07, 6.45) is -4.97. The lowest BCUT2D eigenvalue weighted by Gasteiger charge is -2.26. The summed E-state index contributed by atoms with van der Waals surface area (Å²) in [7, 11) is 1.49. The molecule has 0 spiro atoms. The summed E-state index contributed by atoms with van der Waals surface area (Å²) in [5, 5.41) is 0. The third-order valence-corrected chi connectivity index (χ3v) is 4.19. The number of hydrogen-bond donors (Lipinski definition) is 0. The van der Waals surface area contributed by atoms with Gasteiger partial charge in [0.2, 0.25) is 5.91 Å². The first-order valence-electron chi connectivity index (χ1n) is 7.93. The summed E-state index contributed by atoms with van der Waals surface area (Å²) in [4.78, 5) is 26.8. The maximum atomic E-state index is 12.8. The quantitative estimate of drug-likeness (QED) is 0.813. The molecule has 1 atom stereocenters. The van der Waals surface area contributed by atoms with Gasteiger partial charge >= 0.3 is 12.3 Å². The van der Waals surface area contributed by atoms with Gasteiger partial charge in [0.05, 0.1) is 11.6 Å². The Hall–Kier alpha value is -2.25. The van der Waals surface area contributed by atoms with E-state index in [1.165, 1.54) is 29.0 Å². The highest BCUT2D eigenvalue weighted by atomic mass is 19.4. The van der Waals surface area contributed by atoms with Gasteiger partial charge in [-0.25, -0.2) is 4.79 Å². The molecule has 1 aliphatic rings. The molecule has 138 valence electrons. The Balaban J connectivity index is 2.02. The Kier molecular flexibility index (Phi) is 5.59. The molecule has 0 unspecified atom stereocenters. The molecule has 1 fully saturated rings. The average Bonchev–Trinajstić information content (AvgIpc) is 2.88. The summed E-state index contributed by atoms with van der Waals surface area (Å²) in [6, 6.07) is 4.66. The van der Waals surface area contributed by atoms with E-state index in [0.29, 0.717) is 5.56 Å². The molecule has 5 nitrogen and oxygen atoms in total. The summed E-state index contributed by atoms with van der Waals surface area (Å²) >= 11 is 0. The van der Waals surface area contributed by atoms with Gasteiger partial charge in [-0.05, 0) is 23.6 Å². The molecule has 1 aliphatic heterocycles. The van der Waals surface area contributed by atoms with Crippen LogP contribution in [0.1, 0.15) is 25.0 Å². The Bertz CT molecular complexity index is 646. The smallest absolute Gasteiger partial charge is 0.416 e. The van der Waals surface area contributed by atoms with Crippen LogP contribution in [0, 0.1) is 5.92 Å². The van der Waals surface area contributed by atoms with Gasteiger partial charge in [-0.3, -0.25) is 9.69 Å². The standard InChI is InChI=1S/C17H21F3N2O3/c1-11(2)14-10-25-16(24)22(14)9-15(23)21(3)8-12-5-4-6-13(7-12)17(18,19)20/h4-7,11,14H,8-10H2,1-3H3/t14-/m1/s1. The van der Waals surface area contributed by atoms with Crippen molar-refractivity contribution in [2.75, 3.05) is 20.2 Å². The molecule has 0 aromatic heterocycles. The topological polar surface area (TPSA) is 49.9 Å². The number of alkyl halides is 3. The largest absolute Gasteiger partial charge is 0.447 e. The fraction of sp³-hybridized carbons (Fsp3) is 0.529. The van der Waals surface area contributed by atoms with Crippen molar-refractivity contribution in [1.82, 2.24) is 9.80 Å². The van der Waals surface area contributed by atoms with E-state index in [4.69, 9.17) is 4.74 Å². The van der Waals surface area contributed by atoms with Crippen LogP contribution < -0.4 is 0 Å². The van der Waals surface area contributed by atoms with Crippen LogP contribution in [-0.2, 0) is 22.3 Å². The number of carbonyl (C=O) groups excluding carboxylic acids is 2. The molecule has 0 bridgehead atoms. The number of carbonyl (C=O) groups is 2. The van der Waals surface area contributed by atoms with Crippen molar-refractivity contribution in [1.29, 1.82) is 0 Å². The molecule has 1 aromatic rings. The number of ether oxygens (including phenoxy) is 1. The van der Waals surface area contributed by atoms with E-state index < -0.39 is 17.8 Å². The first kappa shape index (κ1) is 19.1. The van der Waals surface area contributed by atoms with Crippen molar-refractivity contribution in [2.24, 2.45) is 5.92 Å². The van der Waals surface area contributed by atoms with Crippen LogP contribution in [0.4, 0.5) is 18.0 Å². The highest BCUT2D eigenvalue weighted by Crippen LogP contribution is 2.29. The van der Waals surface area contributed by atoms with Gasteiger partial charge in [0.25, 0.3) is 0 Å². The minimum absolute atomic E-state index is 0.0258. The van der Waals surface area contributed by atoms with Crippen LogP contribution >= 0.6 is 0 Å². The third kappa shape index (κ3) is 4.64. The Morgan fingerprint density at radius 1 is 1.40 bits per heavy atom. The number of likely N-dealkylation sites (N-methyl/N-ethyl adjacent to an activating group) is 1. The number of nitrogens with zero attached hydrogens (tertiary/aromatic N) is 2. The molecule has 0 saturated carbocycles.